The number of amides is 1. The average molecular weight is 226 g/mol. The predicted octanol–water partition coefficient (Wildman–Crippen LogP) is 2.07. The van der Waals surface area contributed by atoms with Crippen molar-refractivity contribution in [3.63, 3.8) is 0 Å². The third-order valence-corrected chi connectivity index (χ3v) is 3.48. The first-order chi connectivity index (χ1) is 7.83. The van der Waals surface area contributed by atoms with Crippen molar-refractivity contribution in [1.82, 2.24) is 10.6 Å². The molecule has 1 amide bonds. The zero-order valence-electron chi connectivity index (χ0n) is 10.6. The lowest BCUT2D eigenvalue weighted by molar-refractivity contribution is -0.120. The van der Waals surface area contributed by atoms with E-state index in [1.54, 1.807) is 7.05 Å². The quantitative estimate of drug-likeness (QED) is 0.622. The molecule has 0 unspecified atom stereocenters. The molecule has 1 rings (SSSR count). The summed E-state index contributed by atoms with van der Waals surface area (Å²) in [4.78, 5) is 10.9. The fraction of sp³-hybridized carbons (Fsp3) is 0.923. The lowest BCUT2D eigenvalue weighted by Crippen LogP contribution is -2.21. The molecule has 0 aromatic carbocycles. The van der Waals surface area contributed by atoms with E-state index in [1.807, 2.05) is 0 Å². The molecule has 1 saturated carbocycles. The minimum absolute atomic E-state index is 0.146. The molecule has 0 atom stereocenters. The number of carbonyl (C=O) groups is 1. The molecular weight excluding hydrogens is 200 g/mol. The Labute approximate surface area is 99.4 Å². The van der Waals surface area contributed by atoms with Crippen LogP contribution in [0.15, 0.2) is 0 Å². The Balaban J connectivity index is 1.79. The van der Waals surface area contributed by atoms with Gasteiger partial charge in [0.25, 0.3) is 0 Å². The van der Waals surface area contributed by atoms with Crippen LogP contribution in [0, 0.1) is 5.92 Å². The smallest absolute Gasteiger partial charge is 0.219 e. The zero-order valence-corrected chi connectivity index (χ0v) is 10.6. The van der Waals surface area contributed by atoms with E-state index < -0.39 is 0 Å². The van der Waals surface area contributed by atoms with E-state index in [0.717, 1.165) is 25.4 Å². The molecule has 0 heterocycles. The Bertz CT molecular complexity index is 188. The van der Waals surface area contributed by atoms with E-state index in [2.05, 4.69) is 10.6 Å². The van der Waals surface area contributed by atoms with E-state index in [1.165, 1.54) is 38.5 Å². The van der Waals surface area contributed by atoms with Gasteiger partial charge >= 0.3 is 0 Å². The Morgan fingerprint density at radius 1 is 1.19 bits per heavy atom. The SMILES string of the molecule is CNC(=O)CCCNCCCC1CCCC1. The molecule has 0 saturated heterocycles. The summed E-state index contributed by atoms with van der Waals surface area (Å²) in [5.41, 5.74) is 0. The van der Waals surface area contributed by atoms with Crippen molar-refractivity contribution in [1.29, 1.82) is 0 Å². The molecule has 2 N–H and O–H groups in total. The van der Waals surface area contributed by atoms with Crippen molar-refractivity contribution in [2.45, 2.75) is 51.4 Å². The Morgan fingerprint density at radius 2 is 1.88 bits per heavy atom. The first-order valence-corrected chi connectivity index (χ1v) is 6.74. The summed E-state index contributed by atoms with van der Waals surface area (Å²) in [6.07, 6.45) is 10.1. The van der Waals surface area contributed by atoms with Crippen molar-refractivity contribution in [2.24, 2.45) is 5.92 Å². The molecule has 94 valence electrons. The van der Waals surface area contributed by atoms with Gasteiger partial charge in [-0.3, -0.25) is 4.79 Å². The van der Waals surface area contributed by atoms with Crippen LogP contribution in [0.4, 0.5) is 0 Å². The molecule has 0 aromatic rings. The fourth-order valence-electron chi connectivity index (χ4n) is 2.44. The summed E-state index contributed by atoms with van der Waals surface area (Å²) in [6, 6.07) is 0. The van der Waals surface area contributed by atoms with Gasteiger partial charge in [0.05, 0.1) is 0 Å². The minimum Gasteiger partial charge on any atom is -0.359 e. The maximum Gasteiger partial charge on any atom is 0.219 e. The second-order valence-electron chi connectivity index (χ2n) is 4.82. The highest BCUT2D eigenvalue weighted by Crippen LogP contribution is 2.28. The first-order valence-electron chi connectivity index (χ1n) is 6.74. The summed E-state index contributed by atoms with van der Waals surface area (Å²) in [5.74, 6) is 1.15. The Morgan fingerprint density at radius 3 is 2.56 bits per heavy atom. The number of rotatable bonds is 8. The number of carbonyl (C=O) groups excluding carboxylic acids is 1. The van der Waals surface area contributed by atoms with E-state index >= 15 is 0 Å². The van der Waals surface area contributed by atoms with Crippen molar-refractivity contribution in [3.8, 4) is 0 Å². The molecular formula is C13H26N2O. The number of hydrogen-bond donors (Lipinski definition) is 2. The zero-order chi connectivity index (χ0) is 11.6. The topological polar surface area (TPSA) is 41.1 Å². The summed E-state index contributed by atoms with van der Waals surface area (Å²) in [5, 5.41) is 6.05. The summed E-state index contributed by atoms with van der Waals surface area (Å²) in [7, 11) is 1.69. The second-order valence-corrected chi connectivity index (χ2v) is 4.82. The third-order valence-electron chi connectivity index (χ3n) is 3.48. The van der Waals surface area contributed by atoms with Crippen LogP contribution >= 0.6 is 0 Å². The molecule has 1 aliphatic rings. The lowest BCUT2D eigenvalue weighted by atomic mass is 10.0. The average Bonchev–Trinajstić information content (AvgIpc) is 2.80. The highest BCUT2D eigenvalue weighted by atomic mass is 16.1. The van der Waals surface area contributed by atoms with Crippen LogP contribution in [-0.4, -0.2) is 26.0 Å². The summed E-state index contributed by atoms with van der Waals surface area (Å²) in [6.45, 7) is 2.09. The first kappa shape index (κ1) is 13.5. The summed E-state index contributed by atoms with van der Waals surface area (Å²) >= 11 is 0. The number of nitrogens with one attached hydrogen (secondary N) is 2. The van der Waals surface area contributed by atoms with Gasteiger partial charge in [-0.05, 0) is 38.3 Å². The van der Waals surface area contributed by atoms with Gasteiger partial charge < -0.3 is 10.6 Å². The molecule has 0 aliphatic heterocycles. The van der Waals surface area contributed by atoms with E-state index in [-0.39, 0.29) is 5.91 Å². The third kappa shape index (κ3) is 6.11. The van der Waals surface area contributed by atoms with Crippen LogP contribution in [0.3, 0.4) is 0 Å². The molecule has 3 heteroatoms. The highest BCUT2D eigenvalue weighted by Gasteiger charge is 2.13. The molecule has 3 nitrogen and oxygen atoms in total. The van der Waals surface area contributed by atoms with Crippen LogP contribution in [0.2, 0.25) is 0 Å². The van der Waals surface area contributed by atoms with Gasteiger partial charge in [-0.1, -0.05) is 25.7 Å². The van der Waals surface area contributed by atoms with Gasteiger partial charge in [-0.15, -0.1) is 0 Å². The molecule has 1 aliphatic carbocycles. The van der Waals surface area contributed by atoms with E-state index in [4.69, 9.17) is 0 Å². The maximum absolute atomic E-state index is 10.9. The van der Waals surface area contributed by atoms with Crippen molar-refractivity contribution >= 4 is 5.91 Å². The standard InChI is InChI=1S/C13H26N2O/c1-14-13(16)9-5-11-15-10-4-8-12-6-2-3-7-12/h12,15H,2-11H2,1H3,(H,14,16). The van der Waals surface area contributed by atoms with Gasteiger partial charge in [0.2, 0.25) is 5.91 Å². The molecule has 0 aromatic heterocycles. The Kier molecular flexibility index (Phi) is 7.23. The summed E-state index contributed by atoms with van der Waals surface area (Å²) < 4.78 is 0. The molecule has 16 heavy (non-hydrogen) atoms. The van der Waals surface area contributed by atoms with Gasteiger partial charge in [0.1, 0.15) is 0 Å². The molecule has 0 bridgehead atoms. The van der Waals surface area contributed by atoms with Crippen molar-refractivity contribution < 1.29 is 4.79 Å². The monoisotopic (exact) mass is 226 g/mol. The molecule has 0 radical (unpaired) electrons. The highest BCUT2D eigenvalue weighted by molar-refractivity contribution is 5.75. The van der Waals surface area contributed by atoms with Gasteiger partial charge in [0.15, 0.2) is 0 Å². The second kappa shape index (κ2) is 8.57. The number of hydrogen-bond acceptors (Lipinski definition) is 2. The predicted molar refractivity (Wildman–Crippen MR) is 67.4 cm³/mol. The maximum atomic E-state index is 10.9. The van der Waals surface area contributed by atoms with Gasteiger partial charge in [0, 0.05) is 13.5 Å². The normalized spacial score (nSPS) is 16.6. The van der Waals surface area contributed by atoms with Gasteiger partial charge in [-0.25, -0.2) is 0 Å². The largest absolute Gasteiger partial charge is 0.359 e. The van der Waals surface area contributed by atoms with Crippen LogP contribution in [0.5, 0.6) is 0 Å². The lowest BCUT2D eigenvalue weighted by Gasteiger charge is -2.09. The van der Waals surface area contributed by atoms with Crippen LogP contribution in [0.25, 0.3) is 0 Å². The van der Waals surface area contributed by atoms with Crippen LogP contribution in [-0.2, 0) is 4.79 Å². The van der Waals surface area contributed by atoms with E-state index in [9.17, 15) is 4.79 Å². The fourth-order valence-corrected chi connectivity index (χ4v) is 2.44. The van der Waals surface area contributed by atoms with Crippen molar-refractivity contribution in [3.05, 3.63) is 0 Å². The molecule has 0 spiro atoms. The van der Waals surface area contributed by atoms with Gasteiger partial charge in [-0.2, -0.15) is 0 Å². The van der Waals surface area contributed by atoms with Crippen LogP contribution in [0.1, 0.15) is 51.4 Å². The Hall–Kier alpha value is -0.570. The minimum atomic E-state index is 0.146. The molecule has 1 fully saturated rings. The van der Waals surface area contributed by atoms with Crippen LogP contribution < -0.4 is 10.6 Å². The van der Waals surface area contributed by atoms with E-state index in [0.29, 0.717) is 6.42 Å². The van der Waals surface area contributed by atoms with Crippen molar-refractivity contribution in [2.75, 3.05) is 20.1 Å².